The lowest BCUT2D eigenvalue weighted by molar-refractivity contribution is -0.116. The number of carbonyl (C=O) groups excluding carboxylic acids is 1. The number of nitriles is 1. The van der Waals surface area contributed by atoms with Crippen LogP contribution in [-0.4, -0.2) is 5.91 Å². The third kappa shape index (κ3) is 2.09. The summed E-state index contributed by atoms with van der Waals surface area (Å²) in [6.45, 7) is 0. The van der Waals surface area contributed by atoms with Crippen molar-refractivity contribution in [1.82, 2.24) is 0 Å². The third-order valence-corrected chi connectivity index (χ3v) is 3.10. The molecule has 3 rings (SSSR count). The molecule has 0 spiro atoms. The smallest absolute Gasteiger partial charge is 0.245 e. The lowest BCUT2D eigenvalue weighted by Gasteiger charge is -2.08. The van der Waals surface area contributed by atoms with Crippen molar-refractivity contribution in [3.8, 4) is 17.6 Å². The Morgan fingerprint density at radius 3 is 2.80 bits per heavy atom. The van der Waals surface area contributed by atoms with E-state index in [-0.39, 0.29) is 5.91 Å². The van der Waals surface area contributed by atoms with E-state index in [9.17, 15) is 4.79 Å². The number of nitrogens with two attached hydrogens (primary N) is 1. The van der Waals surface area contributed by atoms with Crippen molar-refractivity contribution in [2.24, 2.45) is 5.73 Å². The number of nitrogens with one attached hydrogen (secondary N) is 1. The van der Waals surface area contributed by atoms with E-state index in [1.807, 2.05) is 0 Å². The highest BCUT2D eigenvalue weighted by molar-refractivity contribution is 6.02. The molecule has 1 aliphatic heterocycles. The number of benzene rings is 2. The molecule has 0 saturated heterocycles. The predicted molar refractivity (Wildman–Crippen MR) is 73.2 cm³/mol. The summed E-state index contributed by atoms with van der Waals surface area (Å²) in [6.07, 6.45) is 0. The molecular formula is C15H11N3O2. The maximum Gasteiger partial charge on any atom is 0.245 e. The molecule has 2 aromatic rings. The number of amides is 1. The average Bonchev–Trinajstić information content (AvgIpc) is 2.74. The summed E-state index contributed by atoms with van der Waals surface area (Å²) in [7, 11) is 0. The summed E-state index contributed by atoms with van der Waals surface area (Å²) in [5.74, 6) is 0.925. The molecule has 0 saturated carbocycles. The minimum absolute atomic E-state index is 0.219. The maximum absolute atomic E-state index is 11.5. The first kappa shape index (κ1) is 12.2. The average molecular weight is 265 g/mol. The van der Waals surface area contributed by atoms with E-state index in [0.29, 0.717) is 22.7 Å². The van der Waals surface area contributed by atoms with Crippen molar-refractivity contribution in [3.05, 3.63) is 53.6 Å². The summed E-state index contributed by atoms with van der Waals surface area (Å²) in [4.78, 5) is 11.5. The van der Waals surface area contributed by atoms with E-state index >= 15 is 0 Å². The van der Waals surface area contributed by atoms with Crippen molar-refractivity contribution in [3.63, 3.8) is 0 Å². The highest BCUT2D eigenvalue weighted by Gasteiger charge is 2.27. The van der Waals surface area contributed by atoms with Gasteiger partial charge >= 0.3 is 0 Å². The van der Waals surface area contributed by atoms with Crippen LogP contribution in [0.25, 0.3) is 0 Å². The molecule has 2 aromatic carbocycles. The topological polar surface area (TPSA) is 88.1 Å². The first-order valence-electron chi connectivity index (χ1n) is 6.06. The van der Waals surface area contributed by atoms with E-state index in [1.54, 1.807) is 42.5 Å². The number of fused-ring (bicyclic) bond motifs is 1. The second-order valence-corrected chi connectivity index (χ2v) is 4.46. The van der Waals surface area contributed by atoms with Gasteiger partial charge in [0.25, 0.3) is 0 Å². The van der Waals surface area contributed by atoms with E-state index in [2.05, 4.69) is 11.4 Å². The van der Waals surface area contributed by atoms with E-state index < -0.39 is 6.04 Å². The van der Waals surface area contributed by atoms with Gasteiger partial charge in [0.1, 0.15) is 17.5 Å². The van der Waals surface area contributed by atoms with Gasteiger partial charge in [-0.1, -0.05) is 12.1 Å². The van der Waals surface area contributed by atoms with E-state index in [1.165, 1.54) is 0 Å². The van der Waals surface area contributed by atoms with Gasteiger partial charge in [-0.15, -0.1) is 0 Å². The molecule has 0 aromatic heterocycles. The zero-order valence-corrected chi connectivity index (χ0v) is 10.5. The fourth-order valence-corrected chi connectivity index (χ4v) is 2.10. The maximum atomic E-state index is 11.5. The summed E-state index contributed by atoms with van der Waals surface area (Å²) >= 11 is 0. The lowest BCUT2D eigenvalue weighted by Crippen LogP contribution is -2.19. The SMILES string of the molecule is N#Cc1cccc(Oc2ccc3c(c2)NC(=O)C3N)c1. The van der Waals surface area contributed by atoms with Gasteiger partial charge < -0.3 is 15.8 Å². The summed E-state index contributed by atoms with van der Waals surface area (Å²) in [5.41, 5.74) is 7.69. The molecule has 0 fully saturated rings. The van der Waals surface area contributed by atoms with Crippen LogP contribution in [0, 0.1) is 11.3 Å². The van der Waals surface area contributed by atoms with Crippen LogP contribution in [0.15, 0.2) is 42.5 Å². The summed E-state index contributed by atoms with van der Waals surface area (Å²) in [5, 5.41) is 11.5. The van der Waals surface area contributed by atoms with Crippen LogP contribution >= 0.6 is 0 Å². The van der Waals surface area contributed by atoms with Gasteiger partial charge in [0.2, 0.25) is 5.91 Å². The standard InChI is InChI=1S/C15H11N3O2/c16-8-9-2-1-3-10(6-9)20-11-4-5-12-13(7-11)18-15(19)14(12)17/h1-7,14H,17H2,(H,18,19). The Morgan fingerprint density at radius 1 is 1.20 bits per heavy atom. The van der Waals surface area contributed by atoms with Crippen LogP contribution in [0.4, 0.5) is 5.69 Å². The number of nitrogens with zero attached hydrogens (tertiary/aromatic N) is 1. The van der Waals surface area contributed by atoms with Gasteiger partial charge in [-0.05, 0) is 24.3 Å². The number of carbonyl (C=O) groups is 1. The number of hydrogen-bond donors (Lipinski definition) is 2. The molecule has 98 valence electrons. The predicted octanol–water partition coefficient (Wildman–Crippen LogP) is 2.30. The van der Waals surface area contributed by atoms with Crippen molar-refractivity contribution in [2.45, 2.75) is 6.04 Å². The quantitative estimate of drug-likeness (QED) is 0.872. The molecule has 1 atom stereocenters. The number of rotatable bonds is 2. The van der Waals surface area contributed by atoms with Gasteiger partial charge in [-0.3, -0.25) is 4.79 Å². The fraction of sp³-hybridized carbons (Fsp3) is 0.0667. The first-order valence-corrected chi connectivity index (χ1v) is 6.06. The van der Waals surface area contributed by atoms with Crippen LogP contribution in [0.2, 0.25) is 0 Å². The largest absolute Gasteiger partial charge is 0.457 e. The monoisotopic (exact) mass is 265 g/mol. The third-order valence-electron chi connectivity index (χ3n) is 3.10. The molecule has 0 bridgehead atoms. The molecule has 5 nitrogen and oxygen atoms in total. The van der Waals surface area contributed by atoms with Gasteiger partial charge in [-0.25, -0.2) is 0 Å². The number of anilines is 1. The highest BCUT2D eigenvalue weighted by Crippen LogP contribution is 2.34. The molecule has 1 amide bonds. The summed E-state index contributed by atoms with van der Waals surface area (Å²) in [6, 6.07) is 13.5. The Labute approximate surface area is 115 Å². The van der Waals surface area contributed by atoms with Gasteiger partial charge in [0.05, 0.1) is 11.6 Å². The zero-order valence-electron chi connectivity index (χ0n) is 10.5. The molecule has 3 N–H and O–H groups in total. The molecule has 0 radical (unpaired) electrons. The van der Waals surface area contributed by atoms with Gasteiger partial charge in [0.15, 0.2) is 0 Å². The minimum atomic E-state index is -0.624. The lowest BCUT2D eigenvalue weighted by atomic mass is 10.1. The van der Waals surface area contributed by atoms with Crippen LogP contribution in [0.1, 0.15) is 17.2 Å². The molecule has 1 unspecified atom stereocenters. The Hall–Kier alpha value is -2.84. The van der Waals surface area contributed by atoms with Crippen molar-refractivity contribution in [2.75, 3.05) is 5.32 Å². The molecule has 5 heteroatoms. The van der Waals surface area contributed by atoms with E-state index in [0.717, 1.165) is 5.56 Å². The van der Waals surface area contributed by atoms with Crippen LogP contribution in [0.3, 0.4) is 0 Å². The zero-order chi connectivity index (χ0) is 14.1. The van der Waals surface area contributed by atoms with Crippen molar-refractivity contribution >= 4 is 11.6 Å². The van der Waals surface area contributed by atoms with E-state index in [4.69, 9.17) is 15.7 Å². The molecule has 20 heavy (non-hydrogen) atoms. The van der Waals surface area contributed by atoms with Gasteiger partial charge in [0, 0.05) is 17.3 Å². The molecule has 1 aliphatic rings. The minimum Gasteiger partial charge on any atom is -0.457 e. The summed E-state index contributed by atoms with van der Waals surface area (Å²) < 4.78 is 5.67. The van der Waals surface area contributed by atoms with Crippen LogP contribution in [0.5, 0.6) is 11.5 Å². The molecule has 0 aliphatic carbocycles. The number of ether oxygens (including phenoxy) is 1. The molecule has 1 heterocycles. The van der Waals surface area contributed by atoms with Crippen LogP contribution in [-0.2, 0) is 4.79 Å². The fourth-order valence-electron chi connectivity index (χ4n) is 2.10. The second kappa shape index (κ2) is 4.68. The second-order valence-electron chi connectivity index (χ2n) is 4.46. The Kier molecular flexibility index (Phi) is 2.86. The molecular weight excluding hydrogens is 254 g/mol. The van der Waals surface area contributed by atoms with Gasteiger partial charge in [-0.2, -0.15) is 5.26 Å². The Balaban J connectivity index is 1.88. The normalized spacial score (nSPS) is 16.2. The Morgan fingerprint density at radius 2 is 2.00 bits per heavy atom. The van der Waals surface area contributed by atoms with Crippen molar-refractivity contribution < 1.29 is 9.53 Å². The Bertz CT molecular complexity index is 734. The number of hydrogen-bond acceptors (Lipinski definition) is 4. The first-order chi connectivity index (χ1) is 9.67. The van der Waals surface area contributed by atoms with Crippen molar-refractivity contribution in [1.29, 1.82) is 5.26 Å². The highest BCUT2D eigenvalue weighted by atomic mass is 16.5. The van der Waals surface area contributed by atoms with Crippen LogP contribution < -0.4 is 15.8 Å².